The highest BCUT2D eigenvalue weighted by Crippen LogP contribution is 2.35. The predicted molar refractivity (Wildman–Crippen MR) is 90.6 cm³/mol. The second-order valence-corrected chi connectivity index (χ2v) is 5.99. The fourth-order valence-corrected chi connectivity index (χ4v) is 2.51. The van der Waals surface area contributed by atoms with Gasteiger partial charge in [-0.2, -0.15) is 0 Å². The first-order chi connectivity index (χ1) is 10.6. The van der Waals surface area contributed by atoms with Crippen LogP contribution in [-0.2, 0) is 6.61 Å². The van der Waals surface area contributed by atoms with Crippen molar-refractivity contribution in [1.29, 1.82) is 0 Å². The number of ether oxygens (including phenoxy) is 1. The fraction of sp³-hybridized carbons (Fsp3) is 0.333. The van der Waals surface area contributed by atoms with Crippen molar-refractivity contribution >= 4 is 11.4 Å². The molecule has 0 heterocycles. The molecule has 1 saturated carbocycles. The molecule has 2 aromatic rings. The molecule has 1 fully saturated rings. The van der Waals surface area contributed by atoms with Crippen LogP contribution in [0.4, 0.5) is 11.4 Å². The molecule has 4 nitrogen and oxygen atoms in total. The molecule has 0 unspecified atom stereocenters. The van der Waals surface area contributed by atoms with Gasteiger partial charge in [-0.25, -0.2) is 5.84 Å². The molecule has 2 aromatic carbocycles. The molecule has 0 bridgehead atoms. The number of rotatable bonds is 6. The molecule has 0 saturated heterocycles. The van der Waals surface area contributed by atoms with E-state index in [9.17, 15) is 0 Å². The van der Waals surface area contributed by atoms with Gasteiger partial charge in [0.1, 0.15) is 12.4 Å². The summed E-state index contributed by atoms with van der Waals surface area (Å²) >= 11 is 0. The fourth-order valence-electron chi connectivity index (χ4n) is 2.51. The van der Waals surface area contributed by atoms with E-state index in [1.807, 2.05) is 49.4 Å². The van der Waals surface area contributed by atoms with Crippen LogP contribution < -0.4 is 21.3 Å². The van der Waals surface area contributed by atoms with Crippen LogP contribution in [0, 0.1) is 12.8 Å². The second-order valence-electron chi connectivity index (χ2n) is 5.99. The van der Waals surface area contributed by atoms with Crippen molar-refractivity contribution < 1.29 is 4.74 Å². The van der Waals surface area contributed by atoms with Crippen LogP contribution in [0.1, 0.15) is 24.0 Å². The van der Waals surface area contributed by atoms with Crippen molar-refractivity contribution in [2.45, 2.75) is 26.4 Å². The van der Waals surface area contributed by atoms with E-state index < -0.39 is 0 Å². The Morgan fingerprint density at radius 1 is 1.14 bits per heavy atom. The van der Waals surface area contributed by atoms with Gasteiger partial charge in [-0.15, -0.1) is 0 Å². The summed E-state index contributed by atoms with van der Waals surface area (Å²) in [5, 5.41) is 1.76. The number of nitrogens with zero attached hydrogens (tertiary/aromatic N) is 1. The zero-order valence-corrected chi connectivity index (χ0v) is 13.0. The lowest BCUT2D eigenvalue weighted by atomic mass is 10.1. The van der Waals surface area contributed by atoms with Crippen molar-refractivity contribution in [2.24, 2.45) is 11.8 Å². The largest absolute Gasteiger partial charge is 0.489 e. The zero-order valence-electron chi connectivity index (χ0n) is 13.0. The summed E-state index contributed by atoms with van der Waals surface area (Å²) in [6, 6.07) is 14.0. The lowest BCUT2D eigenvalue weighted by Crippen LogP contribution is -2.33. The Balaban J connectivity index is 1.71. The second kappa shape index (κ2) is 6.28. The molecule has 0 aliphatic heterocycles. The molecule has 0 spiro atoms. The van der Waals surface area contributed by atoms with Crippen molar-refractivity contribution in [3.05, 3.63) is 53.6 Å². The Bertz CT molecular complexity index is 638. The molecule has 1 aliphatic rings. The molecule has 22 heavy (non-hydrogen) atoms. The average Bonchev–Trinajstić information content (AvgIpc) is 3.33. The van der Waals surface area contributed by atoms with E-state index in [1.54, 1.807) is 5.01 Å². The van der Waals surface area contributed by atoms with E-state index in [0.717, 1.165) is 35.0 Å². The molecular formula is C18H23N3O. The van der Waals surface area contributed by atoms with E-state index in [4.69, 9.17) is 16.3 Å². The number of hydrogen-bond donors (Lipinski definition) is 2. The van der Waals surface area contributed by atoms with Crippen LogP contribution in [0.25, 0.3) is 0 Å². The topological polar surface area (TPSA) is 64.5 Å². The molecule has 0 aromatic heterocycles. The minimum absolute atomic E-state index is 0.537. The van der Waals surface area contributed by atoms with Crippen LogP contribution in [0.15, 0.2) is 42.5 Å². The van der Waals surface area contributed by atoms with E-state index in [-0.39, 0.29) is 0 Å². The third-order valence-electron chi connectivity index (χ3n) is 4.14. The van der Waals surface area contributed by atoms with Gasteiger partial charge in [-0.05, 0) is 43.4 Å². The van der Waals surface area contributed by atoms with Gasteiger partial charge >= 0.3 is 0 Å². The van der Waals surface area contributed by atoms with Crippen LogP contribution in [0.3, 0.4) is 0 Å². The van der Waals surface area contributed by atoms with Gasteiger partial charge in [0, 0.05) is 12.1 Å². The third kappa shape index (κ3) is 3.34. The van der Waals surface area contributed by atoms with Gasteiger partial charge in [0.15, 0.2) is 0 Å². The predicted octanol–water partition coefficient (Wildman–Crippen LogP) is 3.25. The summed E-state index contributed by atoms with van der Waals surface area (Å²) in [7, 11) is 0. The molecule has 4 heteroatoms. The minimum Gasteiger partial charge on any atom is -0.489 e. The monoisotopic (exact) mass is 297 g/mol. The number of nitrogen functional groups attached to an aromatic ring is 1. The molecule has 0 amide bonds. The first-order valence-electron chi connectivity index (χ1n) is 7.73. The number of anilines is 2. The van der Waals surface area contributed by atoms with Crippen molar-refractivity contribution in [3.8, 4) is 5.75 Å². The molecule has 116 valence electrons. The van der Waals surface area contributed by atoms with Crippen LogP contribution >= 0.6 is 0 Å². The van der Waals surface area contributed by atoms with Gasteiger partial charge in [0.2, 0.25) is 0 Å². The molecular weight excluding hydrogens is 274 g/mol. The van der Waals surface area contributed by atoms with E-state index >= 15 is 0 Å². The smallest absolute Gasteiger partial charge is 0.124 e. The van der Waals surface area contributed by atoms with Gasteiger partial charge in [0.25, 0.3) is 0 Å². The third-order valence-corrected chi connectivity index (χ3v) is 4.14. The number of hydrazine groups is 1. The molecule has 4 N–H and O–H groups in total. The molecule has 3 rings (SSSR count). The Labute approximate surface area is 131 Å². The highest BCUT2D eigenvalue weighted by molar-refractivity contribution is 5.73. The van der Waals surface area contributed by atoms with Crippen LogP contribution in [0.2, 0.25) is 0 Å². The lowest BCUT2D eigenvalue weighted by Gasteiger charge is -2.22. The van der Waals surface area contributed by atoms with E-state index in [0.29, 0.717) is 12.3 Å². The Kier molecular flexibility index (Phi) is 4.20. The SMILES string of the molecule is Cc1c(OCc2ccccc2)ccc(N(N)CC2CC2)c1N. The zero-order chi connectivity index (χ0) is 15.5. The summed E-state index contributed by atoms with van der Waals surface area (Å²) in [6.07, 6.45) is 2.54. The highest BCUT2D eigenvalue weighted by Gasteiger charge is 2.24. The maximum absolute atomic E-state index is 6.25. The first-order valence-corrected chi connectivity index (χ1v) is 7.73. The summed E-state index contributed by atoms with van der Waals surface area (Å²) in [5.41, 5.74) is 9.92. The summed E-state index contributed by atoms with van der Waals surface area (Å²) < 4.78 is 5.89. The quantitative estimate of drug-likeness (QED) is 0.488. The maximum atomic E-state index is 6.25. The van der Waals surface area contributed by atoms with Gasteiger partial charge in [-0.3, -0.25) is 0 Å². The summed E-state index contributed by atoms with van der Waals surface area (Å²) in [6.45, 7) is 3.38. The Morgan fingerprint density at radius 2 is 1.86 bits per heavy atom. The first kappa shape index (κ1) is 14.7. The van der Waals surface area contributed by atoms with Crippen molar-refractivity contribution in [2.75, 3.05) is 17.3 Å². The summed E-state index contributed by atoms with van der Waals surface area (Å²) in [5.74, 6) is 7.66. The van der Waals surface area contributed by atoms with Crippen molar-refractivity contribution in [3.63, 3.8) is 0 Å². The van der Waals surface area contributed by atoms with Crippen molar-refractivity contribution in [1.82, 2.24) is 0 Å². The van der Waals surface area contributed by atoms with E-state index in [1.165, 1.54) is 12.8 Å². The maximum Gasteiger partial charge on any atom is 0.124 e. The summed E-state index contributed by atoms with van der Waals surface area (Å²) in [4.78, 5) is 0. The van der Waals surface area contributed by atoms with E-state index in [2.05, 4.69) is 0 Å². The van der Waals surface area contributed by atoms with Gasteiger partial charge in [-0.1, -0.05) is 30.3 Å². The average molecular weight is 297 g/mol. The molecule has 0 radical (unpaired) electrons. The van der Waals surface area contributed by atoms with Crippen LogP contribution in [0.5, 0.6) is 5.75 Å². The number of benzene rings is 2. The Morgan fingerprint density at radius 3 is 2.55 bits per heavy atom. The number of hydrogen-bond acceptors (Lipinski definition) is 4. The number of nitrogens with two attached hydrogens (primary N) is 2. The molecule has 0 atom stereocenters. The van der Waals surface area contributed by atoms with Gasteiger partial charge in [0.05, 0.1) is 11.4 Å². The Hall–Kier alpha value is -2.20. The highest BCUT2D eigenvalue weighted by atomic mass is 16.5. The minimum atomic E-state index is 0.537. The lowest BCUT2D eigenvalue weighted by molar-refractivity contribution is 0.304. The van der Waals surface area contributed by atoms with Crippen LogP contribution in [-0.4, -0.2) is 6.54 Å². The molecule has 1 aliphatic carbocycles. The van der Waals surface area contributed by atoms with Gasteiger partial charge < -0.3 is 15.5 Å². The standard InChI is InChI=1S/C18H23N3O/c1-13-17(22-12-15-5-3-2-4-6-15)10-9-16(18(13)19)21(20)11-14-7-8-14/h2-6,9-10,14H,7-8,11-12,19-20H2,1H3. The normalized spacial score (nSPS) is 13.9.